The molecule has 28 heavy (non-hydrogen) atoms. The summed E-state index contributed by atoms with van der Waals surface area (Å²) in [6.45, 7) is 4.73. The molecule has 145 valence electrons. The topological polar surface area (TPSA) is 40.4 Å². The first-order valence-electron chi connectivity index (χ1n) is 9.46. The van der Waals surface area contributed by atoms with Crippen LogP contribution in [-0.2, 0) is 11.2 Å². The Kier molecular flexibility index (Phi) is 5.43. The van der Waals surface area contributed by atoms with Crippen molar-refractivity contribution in [3.63, 3.8) is 0 Å². The molecule has 2 unspecified atom stereocenters. The van der Waals surface area contributed by atoms with Gasteiger partial charge in [0, 0.05) is 19.6 Å². The first-order valence-corrected chi connectivity index (χ1v) is 11.0. The van der Waals surface area contributed by atoms with E-state index >= 15 is 0 Å². The zero-order valence-corrected chi connectivity index (χ0v) is 17.2. The third-order valence-corrected chi connectivity index (χ3v) is 6.48. The highest BCUT2D eigenvalue weighted by atomic mass is 32.2. The molecule has 2 atom stereocenters. The van der Waals surface area contributed by atoms with Gasteiger partial charge in [-0.25, -0.2) is 9.71 Å². The Bertz CT molecular complexity index is 950. The maximum atomic E-state index is 14.1. The van der Waals surface area contributed by atoms with Gasteiger partial charge in [-0.05, 0) is 101 Å². The van der Waals surface area contributed by atoms with Crippen LogP contribution in [-0.4, -0.2) is 48.4 Å². The van der Waals surface area contributed by atoms with Crippen LogP contribution < -0.4 is 5.32 Å². The lowest BCUT2D eigenvalue weighted by atomic mass is 9.96. The van der Waals surface area contributed by atoms with Gasteiger partial charge in [-0.3, -0.25) is 0 Å². The van der Waals surface area contributed by atoms with Crippen LogP contribution in [0, 0.1) is 5.82 Å². The summed E-state index contributed by atoms with van der Waals surface area (Å²) in [5.41, 5.74) is 6.46. The summed E-state index contributed by atoms with van der Waals surface area (Å²) in [6, 6.07) is 12.9. The minimum absolute atomic E-state index is 0.0649. The Morgan fingerprint density at radius 2 is 1.93 bits per heavy atom. The average Bonchev–Trinajstić information content (AvgIpc) is 2.93. The van der Waals surface area contributed by atoms with Crippen LogP contribution in [0.5, 0.6) is 0 Å². The molecule has 2 aromatic rings. The molecule has 0 amide bonds. The van der Waals surface area contributed by atoms with E-state index in [1.165, 1.54) is 6.07 Å². The van der Waals surface area contributed by atoms with Crippen LogP contribution in [0.1, 0.15) is 23.6 Å². The molecule has 0 spiro atoms. The Morgan fingerprint density at radius 1 is 1.18 bits per heavy atom. The fourth-order valence-corrected chi connectivity index (χ4v) is 4.59. The first kappa shape index (κ1) is 19.4. The average molecular weight is 396 g/mol. The van der Waals surface area contributed by atoms with Crippen molar-refractivity contribution < 1.29 is 8.94 Å². The molecule has 0 N–H and O–H groups in total. The van der Waals surface area contributed by atoms with Crippen LogP contribution in [0.3, 0.4) is 0 Å². The summed E-state index contributed by atoms with van der Waals surface area (Å²) in [5, 5.41) is 4.83. The zero-order valence-electron chi connectivity index (χ0n) is 16.4. The standard InChI is InChI=1S/C23H24FN2OS/c1-15-20(12-16-4-7-18(8-5-16)28(3)27)19-9-6-17(24)13-21(19)23(15)22-14-26(2)11-10-25-22/h4-9,12-13,22H,10-11,14H2,1-3H3. The van der Waals surface area contributed by atoms with Crippen molar-refractivity contribution in [2.45, 2.75) is 17.9 Å². The summed E-state index contributed by atoms with van der Waals surface area (Å²) in [5.74, 6) is -0.218. The fraction of sp³-hybridized carbons (Fsp3) is 0.304. The molecule has 2 aliphatic rings. The summed E-state index contributed by atoms with van der Waals surface area (Å²) < 4.78 is 25.7. The van der Waals surface area contributed by atoms with Crippen molar-refractivity contribution >= 4 is 28.4 Å². The van der Waals surface area contributed by atoms with Crippen LogP contribution in [0.25, 0.3) is 17.2 Å². The number of benzene rings is 2. The Labute approximate surface area is 169 Å². The number of rotatable bonds is 3. The number of nitrogens with zero attached hydrogens (tertiary/aromatic N) is 2. The van der Waals surface area contributed by atoms with Gasteiger partial charge in [0.1, 0.15) is 12.1 Å². The lowest BCUT2D eigenvalue weighted by Gasteiger charge is -2.31. The summed E-state index contributed by atoms with van der Waals surface area (Å²) in [7, 11) is 2.11. The van der Waals surface area contributed by atoms with Crippen LogP contribution in [0.15, 0.2) is 52.9 Å². The number of fused-ring (bicyclic) bond motifs is 1. The second-order valence-electron chi connectivity index (χ2n) is 7.49. The summed E-state index contributed by atoms with van der Waals surface area (Å²) in [6.07, 6.45) is 3.81. The summed E-state index contributed by atoms with van der Waals surface area (Å²) >= 11 is -0.988. The number of hydrogen-bond acceptors (Lipinski definition) is 2. The lowest BCUT2D eigenvalue weighted by molar-refractivity contribution is 0.261. The Hall–Kier alpha value is -1.92. The van der Waals surface area contributed by atoms with Gasteiger partial charge < -0.3 is 9.45 Å². The van der Waals surface area contributed by atoms with Crippen molar-refractivity contribution in [1.29, 1.82) is 0 Å². The van der Waals surface area contributed by atoms with E-state index in [-0.39, 0.29) is 11.9 Å². The molecule has 0 bridgehead atoms. The van der Waals surface area contributed by atoms with Crippen molar-refractivity contribution in [3.8, 4) is 0 Å². The van der Waals surface area contributed by atoms with Gasteiger partial charge in [0.2, 0.25) is 0 Å². The number of halogens is 1. The Morgan fingerprint density at radius 3 is 2.61 bits per heavy atom. The highest BCUT2D eigenvalue weighted by Gasteiger charge is 2.32. The predicted molar refractivity (Wildman–Crippen MR) is 114 cm³/mol. The predicted octanol–water partition coefficient (Wildman–Crippen LogP) is 3.81. The largest absolute Gasteiger partial charge is 0.612 e. The smallest absolute Gasteiger partial charge is 0.152 e. The summed E-state index contributed by atoms with van der Waals surface area (Å²) in [4.78, 5) is 3.09. The molecule has 0 saturated carbocycles. The SMILES string of the molecule is CC1=C(C2CN(C)CC[N]2)c2cc(F)ccc2C1=Cc1ccc([S+](C)[O-])cc1. The second kappa shape index (κ2) is 7.84. The third kappa shape index (κ3) is 3.67. The highest BCUT2D eigenvalue weighted by Crippen LogP contribution is 2.44. The molecule has 3 nitrogen and oxygen atoms in total. The maximum Gasteiger partial charge on any atom is 0.152 e. The molecule has 5 heteroatoms. The molecule has 1 heterocycles. The first-order chi connectivity index (χ1) is 13.4. The molecule has 0 aromatic heterocycles. The molecule has 2 aromatic carbocycles. The molecule has 1 saturated heterocycles. The minimum atomic E-state index is -0.988. The van der Waals surface area contributed by atoms with Crippen molar-refractivity contribution in [3.05, 3.63) is 70.5 Å². The number of likely N-dealkylation sites (N-methyl/N-ethyl adjacent to an activating group) is 1. The lowest BCUT2D eigenvalue weighted by Crippen LogP contribution is -2.45. The maximum absolute atomic E-state index is 14.1. The third-order valence-electron chi connectivity index (χ3n) is 5.54. The van der Waals surface area contributed by atoms with E-state index < -0.39 is 11.2 Å². The second-order valence-corrected chi connectivity index (χ2v) is 8.87. The van der Waals surface area contributed by atoms with Crippen molar-refractivity contribution in [2.75, 3.05) is 32.9 Å². The zero-order chi connectivity index (χ0) is 19.8. The van der Waals surface area contributed by atoms with Gasteiger partial charge >= 0.3 is 0 Å². The van der Waals surface area contributed by atoms with Gasteiger partial charge in [0.15, 0.2) is 4.90 Å². The fourth-order valence-electron chi connectivity index (χ4n) is 4.07. The van der Waals surface area contributed by atoms with Gasteiger partial charge in [-0.2, -0.15) is 0 Å². The van der Waals surface area contributed by atoms with E-state index in [9.17, 15) is 8.94 Å². The highest BCUT2D eigenvalue weighted by molar-refractivity contribution is 7.90. The molecule has 1 radical (unpaired) electrons. The molecular weight excluding hydrogens is 371 g/mol. The van der Waals surface area contributed by atoms with Gasteiger partial charge in [-0.15, -0.1) is 0 Å². The van der Waals surface area contributed by atoms with E-state index in [1.807, 2.05) is 30.3 Å². The van der Waals surface area contributed by atoms with Crippen molar-refractivity contribution in [2.24, 2.45) is 0 Å². The quantitative estimate of drug-likeness (QED) is 0.742. The molecular formula is C23H24FN2OS. The number of allylic oxidation sites excluding steroid dienone is 2. The van der Waals surface area contributed by atoms with Gasteiger partial charge in [0.25, 0.3) is 0 Å². The van der Waals surface area contributed by atoms with E-state index in [2.05, 4.69) is 24.9 Å². The number of hydrogen-bond donors (Lipinski definition) is 0. The monoisotopic (exact) mass is 395 g/mol. The normalized spacial score (nSPS) is 22.6. The van der Waals surface area contributed by atoms with E-state index in [0.717, 1.165) is 57.9 Å². The van der Waals surface area contributed by atoms with E-state index in [1.54, 1.807) is 12.3 Å². The van der Waals surface area contributed by atoms with Crippen LogP contribution >= 0.6 is 0 Å². The molecule has 1 aliphatic carbocycles. The van der Waals surface area contributed by atoms with Gasteiger partial charge in [0.05, 0.1) is 6.04 Å². The van der Waals surface area contributed by atoms with Crippen molar-refractivity contribution in [1.82, 2.24) is 10.2 Å². The molecule has 1 aliphatic heterocycles. The van der Waals surface area contributed by atoms with E-state index in [4.69, 9.17) is 5.32 Å². The van der Waals surface area contributed by atoms with E-state index in [0.29, 0.717) is 0 Å². The minimum Gasteiger partial charge on any atom is -0.612 e. The number of piperazine rings is 1. The Balaban J connectivity index is 1.78. The molecule has 1 fully saturated rings. The van der Waals surface area contributed by atoms with Crippen LogP contribution in [0.4, 0.5) is 4.39 Å². The molecule has 4 rings (SSSR count). The van der Waals surface area contributed by atoms with Crippen LogP contribution in [0.2, 0.25) is 0 Å². The van der Waals surface area contributed by atoms with Gasteiger partial charge in [-0.1, -0.05) is 6.07 Å².